The van der Waals surface area contributed by atoms with Crippen molar-refractivity contribution < 1.29 is 18.4 Å². The molecule has 8 rings (SSSR count). The van der Waals surface area contributed by atoms with Crippen LogP contribution in [0.5, 0.6) is 0 Å². The number of anilines is 5. The molecule has 3 aromatic heterocycles. The molecule has 0 saturated carbocycles. The van der Waals surface area contributed by atoms with Gasteiger partial charge in [-0.05, 0) is 80.0 Å². The third kappa shape index (κ3) is 7.10. The highest BCUT2D eigenvalue weighted by Gasteiger charge is 2.39. The summed E-state index contributed by atoms with van der Waals surface area (Å²) in [5.41, 5.74) is 7.01. The molecule has 6 heterocycles. The molecule has 14 heteroatoms. The number of halogens is 2. The average Bonchev–Trinajstić information content (AvgIpc) is 3.66. The molecule has 4 aliphatic rings. The lowest BCUT2D eigenvalue weighted by Gasteiger charge is -2.42. The smallest absolute Gasteiger partial charge is 0.293 e. The number of amides is 2. The van der Waals surface area contributed by atoms with E-state index in [0.29, 0.717) is 67.8 Å². The van der Waals surface area contributed by atoms with E-state index < -0.39 is 5.92 Å². The van der Waals surface area contributed by atoms with Crippen molar-refractivity contribution in [3.63, 3.8) is 0 Å². The van der Waals surface area contributed by atoms with Gasteiger partial charge >= 0.3 is 0 Å². The van der Waals surface area contributed by atoms with Crippen LogP contribution in [-0.2, 0) is 31.2 Å². The lowest BCUT2D eigenvalue weighted by Crippen LogP contribution is -2.49. The third-order valence-corrected chi connectivity index (χ3v) is 12.0. The molecule has 1 aliphatic carbocycles. The molecule has 3 aliphatic heterocycles. The first-order valence-electron chi connectivity index (χ1n) is 19.5. The van der Waals surface area contributed by atoms with Crippen molar-refractivity contribution in [3.8, 4) is 11.3 Å². The normalized spacial score (nSPS) is 19.4. The van der Waals surface area contributed by atoms with Gasteiger partial charge in [0.2, 0.25) is 5.91 Å². The number of nitrogens with zero attached hydrogens (tertiary/aromatic N) is 7. The second kappa shape index (κ2) is 14.3. The zero-order valence-electron chi connectivity index (χ0n) is 32.5. The highest BCUT2D eigenvalue weighted by Crippen LogP contribution is 2.40. The molecular weight excluding hydrogens is 717 g/mol. The molecule has 12 nitrogen and oxygen atoms in total. The molecule has 2 fully saturated rings. The van der Waals surface area contributed by atoms with Gasteiger partial charge in [-0.25, -0.2) is 18.7 Å². The summed E-state index contributed by atoms with van der Waals surface area (Å²) in [4.78, 5) is 55.5. The fourth-order valence-corrected chi connectivity index (χ4v) is 9.00. The van der Waals surface area contributed by atoms with Gasteiger partial charge in [0.05, 0.1) is 17.1 Å². The molecule has 294 valence electrons. The van der Waals surface area contributed by atoms with Gasteiger partial charge in [-0.3, -0.25) is 24.2 Å². The summed E-state index contributed by atoms with van der Waals surface area (Å²) >= 11 is 0. The third-order valence-electron chi connectivity index (χ3n) is 12.0. The van der Waals surface area contributed by atoms with E-state index in [2.05, 4.69) is 56.5 Å². The summed E-state index contributed by atoms with van der Waals surface area (Å²) in [5, 5.41) is 6.11. The van der Waals surface area contributed by atoms with Crippen LogP contribution in [0.1, 0.15) is 66.8 Å². The molecule has 56 heavy (non-hydrogen) atoms. The average molecular weight is 766 g/mol. The number of hydrogen-bond donors (Lipinski definition) is 2. The number of fused-ring (bicyclic) bond motifs is 3. The molecule has 2 N–H and O–H groups in total. The van der Waals surface area contributed by atoms with Crippen molar-refractivity contribution in [2.24, 2.45) is 12.5 Å². The van der Waals surface area contributed by atoms with Crippen molar-refractivity contribution >= 4 is 40.5 Å². The Labute approximate surface area is 325 Å². The monoisotopic (exact) mass is 765 g/mol. The van der Waals surface area contributed by atoms with E-state index in [4.69, 9.17) is 4.98 Å². The Morgan fingerprint density at radius 1 is 1.00 bits per heavy atom. The SMILES string of the molecule is C=CC(=O)Nc1cc(Nc2nc(-c3ccnc(N4CCn5c(cc6c5CC(C)(C)C6)C4=O)c3C)cn(C)c2=O)ccc1N1CCC(N2CCC(F)(F)CC2)CC1. The molecule has 0 radical (unpaired) electrons. The Hall–Kier alpha value is -5.37. The molecule has 0 atom stereocenters. The number of alkyl halides is 2. The van der Waals surface area contributed by atoms with Gasteiger partial charge in [0.1, 0.15) is 11.5 Å². The first-order valence-corrected chi connectivity index (χ1v) is 19.5. The van der Waals surface area contributed by atoms with Gasteiger partial charge < -0.3 is 24.7 Å². The lowest BCUT2D eigenvalue weighted by molar-refractivity contribution is -0.111. The summed E-state index contributed by atoms with van der Waals surface area (Å²) in [6.07, 6.45) is 7.91. The highest BCUT2D eigenvalue weighted by molar-refractivity contribution is 6.06. The van der Waals surface area contributed by atoms with Crippen LogP contribution < -0.4 is 26.0 Å². The van der Waals surface area contributed by atoms with Crippen molar-refractivity contribution in [2.75, 3.05) is 53.2 Å². The van der Waals surface area contributed by atoms with E-state index in [1.807, 2.05) is 25.1 Å². The predicted molar refractivity (Wildman–Crippen MR) is 214 cm³/mol. The van der Waals surface area contributed by atoms with Crippen LogP contribution >= 0.6 is 0 Å². The number of carbonyl (C=O) groups excluding carboxylic acids is 2. The minimum Gasteiger partial charge on any atom is -0.370 e. The van der Waals surface area contributed by atoms with Crippen molar-refractivity contribution in [3.05, 3.63) is 88.2 Å². The van der Waals surface area contributed by atoms with Gasteiger partial charge in [0.15, 0.2) is 5.82 Å². The maximum atomic E-state index is 13.9. The van der Waals surface area contributed by atoms with Crippen molar-refractivity contribution in [1.29, 1.82) is 0 Å². The number of rotatable bonds is 8. The molecule has 0 unspecified atom stereocenters. The maximum Gasteiger partial charge on any atom is 0.293 e. The first kappa shape index (κ1) is 37.5. The standard InChI is InChI=1S/C42H49F2N9O3/c1-6-36(54)47-31-22-28(7-8-33(31)51-15-10-29(11-16-51)50-17-12-42(43,44)13-18-50)46-37-40(56)49(5)25-32(48-37)30-9-14-45-38(26(30)2)53-20-19-52-34(39(53)55)21-27-23-41(3,4)24-35(27)52/h6-9,14,21-22,25,29H,1,10-13,15-20,23-24H2,2-5H3,(H,46,48)(H,47,54). The van der Waals surface area contributed by atoms with Crippen LogP contribution in [-0.4, -0.2) is 80.5 Å². The van der Waals surface area contributed by atoms with Crippen LogP contribution in [0.3, 0.4) is 0 Å². The summed E-state index contributed by atoms with van der Waals surface area (Å²) in [6, 6.07) is 9.65. The van der Waals surface area contributed by atoms with E-state index in [-0.39, 0.29) is 47.5 Å². The van der Waals surface area contributed by atoms with Crippen LogP contribution in [0, 0.1) is 12.3 Å². The summed E-state index contributed by atoms with van der Waals surface area (Å²) < 4.78 is 31.2. The lowest BCUT2D eigenvalue weighted by atomic mass is 9.90. The minimum absolute atomic E-state index is 0.0755. The van der Waals surface area contributed by atoms with Gasteiger partial charge in [-0.1, -0.05) is 20.4 Å². The summed E-state index contributed by atoms with van der Waals surface area (Å²) in [6.45, 7) is 13.5. The zero-order valence-corrected chi connectivity index (χ0v) is 32.5. The fraction of sp³-hybridized carbons (Fsp3) is 0.452. The Kier molecular flexibility index (Phi) is 9.58. The molecular formula is C42H49F2N9O3. The van der Waals surface area contributed by atoms with Gasteiger partial charge in [-0.15, -0.1) is 0 Å². The van der Waals surface area contributed by atoms with E-state index in [0.717, 1.165) is 42.5 Å². The topological polar surface area (TPSA) is 121 Å². The van der Waals surface area contributed by atoms with Gasteiger partial charge in [-0.2, -0.15) is 0 Å². The molecule has 2 amide bonds. The van der Waals surface area contributed by atoms with Gasteiger partial charge in [0.25, 0.3) is 17.4 Å². The Balaban J connectivity index is 1.03. The molecule has 0 spiro atoms. The van der Waals surface area contributed by atoms with E-state index in [1.54, 1.807) is 30.4 Å². The molecule has 2 saturated heterocycles. The van der Waals surface area contributed by atoms with Gasteiger partial charge in [0, 0.05) is 100 Å². The van der Waals surface area contributed by atoms with E-state index in [9.17, 15) is 23.2 Å². The van der Waals surface area contributed by atoms with Crippen molar-refractivity contribution in [1.82, 2.24) is 24.0 Å². The predicted octanol–water partition coefficient (Wildman–Crippen LogP) is 6.31. The Bertz CT molecular complexity index is 2280. The minimum atomic E-state index is -2.57. The molecule has 1 aromatic carbocycles. The van der Waals surface area contributed by atoms with Crippen molar-refractivity contribution in [2.45, 2.75) is 77.8 Å². The number of piperidine rings is 2. The Morgan fingerprint density at radius 2 is 1.75 bits per heavy atom. The maximum absolute atomic E-state index is 13.9. The van der Waals surface area contributed by atoms with Crippen LogP contribution in [0.25, 0.3) is 11.3 Å². The number of hydrogen-bond acceptors (Lipinski definition) is 8. The fourth-order valence-electron chi connectivity index (χ4n) is 9.00. The second-order valence-corrected chi connectivity index (χ2v) is 16.5. The van der Waals surface area contributed by atoms with Crippen LogP contribution in [0.2, 0.25) is 0 Å². The number of carbonyl (C=O) groups is 2. The number of aryl methyl sites for hydroxylation is 1. The first-order chi connectivity index (χ1) is 26.7. The number of benzene rings is 1. The highest BCUT2D eigenvalue weighted by atomic mass is 19.3. The number of likely N-dealkylation sites (tertiary alicyclic amines) is 1. The second-order valence-electron chi connectivity index (χ2n) is 16.5. The van der Waals surface area contributed by atoms with E-state index >= 15 is 0 Å². The number of nitrogens with one attached hydrogen (secondary N) is 2. The number of aromatic nitrogens is 4. The quantitative estimate of drug-likeness (QED) is 0.201. The van der Waals surface area contributed by atoms with Crippen LogP contribution in [0.15, 0.2) is 60.2 Å². The summed E-state index contributed by atoms with van der Waals surface area (Å²) in [7, 11) is 1.66. The molecule has 0 bridgehead atoms. The summed E-state index contributed by atoms with van der Waals surface area (Å²) in [5.74, 6) is -2.37. The number of pyridine rings is 1. The van der Waals surface area contributed by atoms with E-state index in [1.165, 1.54) is 21.9 Å². The largest absolute Gasteiger partial charge is 0.370 e. The van der Waals surface area contributed by atoms with Crippen LogP contribution in [0.4, 0.5) is 37.5 Å². The molecule has 4 aromatic rings. The Morgan fingerprint density at radius 3 is 2.48 bits per heavy atom. The zero-order chi connectivity index (χ0) is 39.5.